The fourth-order valence-corrected chi connectivity index (χ4v) is 6.75. The van der Waals surface area contributed by atoms with Crippen molar-refractivity contribution in [1.29, 1.82) is 0 Å². The quantitative estimate of drug-likeness (QED) is 0.519. The van der Waals surface area contributed by atoms with E-state index in [1.165, 1.54) is 33.4 Å². The third-order valence-corrected chi connectivity index (χ3v) is 7.82. The molecule has 0 spiro atoms. The molecule has 0 saturated heterocycles. The summed E-state index contributed by atoms with van der Waals surface area (Å²) in [7, 11) is 0.731. The second kappa shape index (κ2) is 8.54. The van der Waals surface area contributed by atoms with Crippen LogP contribution in [0.4, 0.5) is 0 Å². The molecule has 0 bridgehead atoms. The normalized spacial score (nSPS) is 23.4. The monoisotopic (exact) mass is 426 g/mol. The fraction of sp³-hybridized carbons (Fsp3) is 0.172. The van der Waals surface area contributed by atoms with E-state index in [9.17, 15) is 0 Å². The van der Waals surface area contributed by atoms with Crippen molar-refractivity contribution in [1.82, 2.24) is 0 Å². The molecule has 0 N–H and O–H groups in total. The van der Waals surface area contributed by atoms with Gasteiger partial charge in [-0.3, -0.25) is 0 Å². The SMILES string of the molecule is [LiH].[SiH3]OCC(C1C=Cc2ccccc21)(C1C=Cc2ccccc21)C1C=Cc2ccccc21. The van der Waals surface area contributed by atoms with Crippen LogP contribution in [0.3, 0.4) is 0 Å². The van der Waals surface area contributed by atoms with Crippen molar-refractivity contribution in [3.63, 3.8) is 0 Å². The zero-order valence-corrected chi connectivity index (χ0v) is 19.7. The van der Waals surface area contributed by atoms with E-state index in [2.05, 4.69) is 109 Å². The van der Waals surface area contributed by atoms with Crippen molar-refractivity contribution in [2.24, 2.45) is 5.41 Å². The minimum atomic E-state index is -0.128. The van der Waals surface area contributed by atoms with Gasteiger partial charge in [-0.25, -0.2) is 0 Å². The third-order valence-electron chi connectivity index (χ3n) is 7.53. The Labute approximate surface area is 205 Å². The molecule has 0 saturated carbocycles. The number of benzene rings is 3. The summed E-state index contributed by atoms with van der Waals surface area (Å²) >= 11 is 0. The molecule has 1 nitrogen and oxygen atoms in total. The molecule has 6 rings (SSSR count). The van der Waals surface area contributed by atoms with Gasteiger partial charge in [-0.05, 0) is 33.4 Å². The van der Waals surface area contributed by atoms with Crippen molar-refractivity contribution in [2.75, 3.05) is 6.61 Å². The molecule has 154 valence electrons. The second-order valence-corrected chi connectivity index (χ2v) is 9.52. The van der Waals surface area contributed by atoms with Gasteiger partial charge in [0.2, 0.25) is 0 Å². The molecular weight excluding hydrogens is 399 g/mol. The first-order valence-corrected chi connectivity index (χ1v) is 11.9. The number of rotatable bonds is 5. The van der Waals surface area contributed by atoms with Gasteiger partial charge in [-0.1, -0.05) is 109 Å². The average Bonchev–Trinajstić information content (AvgIpc) is 3.54. The maximum absolute atomic E-state index is 6.23. The molecular formula is C29H27LiOSi. The van der Waals surface area contributed by atoms with E-state index in [4.69, 9.17) is 4.43 Å². The summed E-state index contributed by atoms with van der Waals surface area (Å²) in [6, 6.07) is 26.7. The number of allylic oxidation sites excluding steroid dienone is 3. The second-order valence-electron chi connectivity index (χ2n) is 8.94. The van der Waals surface area contributed by atoms with Gasteiger partial charge in [0, 0.05) is 29.8 Å². The molecule has 0 amide bonds. The van der Waals surface area contributed by atoms with Gasteiger partial charge < -0.3 is 4.43 Å². The summed E-state index contributed by atoms with van der Waals surface area (Å²) < 4.78 is 6.23. The Balaban J connectivity index is 0.00000216. The minimum absolute atomic E-state index is 0. The molecule has 3 atom stereocenters. The van der Waals surface area contributed by atoms with Gasteiger partial charge in [0.25, 0.3) is 0 Å². The molecule has 3 aromatic carbocycles. The molecule has 3 aliphatic carbocycles. The van der Waals surface area contributed by atoms with Crippen molar-refractivity contribution < 1.29 is 4.43 Å². The zero-order chi connectivity index (χ0) is 20.8. The Morgan fingerprint density at radius 1 is 0.594 bits per heavy atom. The van der Waals surface area contributed by atoms with E-state index in [1.807, 2.05) is 0 Å². The summed E-state index contributed by atoms with van der Waals surface area (Å²) in [5.41, 5.74) is 8.18. The largest absolute Gasteiger partial charge is 0.427 e. The first-order valence-electron chi connectivity index (χ1n) is 11.1. The van der Waals surface area contributed by atoms with Crippen LogP contribution >= 0.6 is 0 Å². The van der Waals surface area contributed by atoms with Gasteiger partial charge >= 0.3 is 18.9 Å². The first-order chi connectivity index (χ1) is 15.3. The van der Waals surface area contributed by atoms with Crippen LogP contribution in [-0.4, -0.2) is 36.0 Å². The molecule has 0 heterocycles. The van der Waals surface area contributed by atoms with Gasteiger partial charge in [-0.15, -0.1) is 0 Å². The van der Waals surface area contributed by atoms with Gasteiger partial charge in [-0.2, -0.15) is 0 Å². The Bertz CT molecular complexity index is 1090. The molecule has 3 unspecified atom stereocenters. The van der Waals surface area contributed by atoms with E-state index in [-0.39, 0.29) is 24.3 Å². The maximum atomic E-state index is 6.23. The number of fused-ring (bicyclic) bond motifs is 3. The minimum Gasteiger partial charge on any atom is -0.427 e. The first kappa shape index (κ1) is 21.5. The van der Waals surface area contributed by atoms with E-state index in [0.717, 1.165) is 17.1 Å². The van der Waals surface area contributed by atoms with Crippen LogP contribution in [0, 0.1) is 5.41 Å². The number of hydrogen-bond donors (Lipinski definition) is 0. The van der Waals surface area contributed by atoms with E-state index in [1.54, 1.807) is 0 Å². The van der Waals surface area contributed by atoms with E-state index >= 15 is 0 Å². The molecule has 0 aliphatic heterocycles. The number of hydrogen-bond acceptors (Lipinski definition) is 1. The topological polar surface area (TPSA) is 9.23 Å². The van der Waals surface area contributed by atoms with Crippen LogP contribution in [0.1, 0.15) is 51.1 Å². The summed E-state index contributed by atoms with van der Waals surface area (Å²) in [4.78, 5) is 0. The van der Waals surface area contributed by atoms with Gasteiger partial charge in [0.15, 0.2) is 0 Å². The van der Waals surface area contributed by atoms with E-state index in [0.29, 0.717) is 17.8 Å². The summed E-state index contributed by atoms with van der Waals surface area (Å²) in [5.74, 6) is 0.873. The summed E-state index contributed by atoms with van der Waals surface area (Å²) in [6.07, 6.45) is 14.3. The predicted octanol–water partition coefficient (Wildman–Crippen LogP) is 5.05. The molecule has 3 aliphatic rings. The van der Waals surface area contributed by atoms with Crippen LogP contribution in [-0.2, 0) is 4.43 Å². The standard InChI is InChI=1S/C29H26OSi.Li.H/c31-30-19-29(26-16-13-20-7-1-4-10-23(20)26,27-17-14-21-8-2-5-11-24(21)27)28-18-15-22-9-3-6-12-25(22)28;;/h1-18,26-28H,19H2,31H3;;. The van der Waals surface area contributed by atoms with Crippen molar-refractivity contribution in [2.45, 2.75) is 17.8 Å². The summed E-state index contributed by atoms with van der Waals surface area (Å²) in [6.45, 7) is 0.745. The van der Waals surface area contributed by atoms with Crippen LogP contribution < -0.4 is 0 Å². The Morgan fingerprint density at radius 2 is 0.938 bits per heavy atom. The van der Waals surface area contributed by atoms with Crippen molar-refractivity contribution in [3.05, 3.63) is 124 Å². The van der Waals surface area contributed by atoms with Crippen LogP contribution in [0.15, 0.2) is 91.0 Å². The molecule has 3 aromatic rings. The Kier molecular flexibility index (Phi) is 5.74. The molecule has 3 heteroatoms. The fourth-order valence-electron chi connectivity index (χ4n) is 6.25. The molecule has 0 fully saturated rings. The molecule has 0 radical (unpaired) electrons. The Morgan fingerprint density at radius 3 is 1.28 bits per heavy atom. The van der Waals surface area contributed by atoms with Crippen LogP contribution in [0.2, 0.25) is 0 Å². The van der Waals surface area contributed by atoms with E-state index < -0.39 is 0 Å². The predicted molar refractivity (Wildman–Crippen MR) is 140 cm³/mol. The molecule has 0 aromatic heterocycles. The van der Waals surface area contributed by atoms with Crippen molar-refractivity contribution in [3.8, 4) is 0 Å². The zero-order valence-electron chi connectivity index (χ0n) is 17.7. The Hall–Kier alpha value is -2.35. The van der Waals surface area contributed by atoms with Gasteiger partial charge in [0.1, 0.15) is 10.5 Å². The maximum Gasteiger partial charge on any atom is 0.145 e. The van der Waals surface area contributed by atoms with Gasteiger partial charge in [0.05, 0.1) is 0 Å². The third kappa shape index (κ3) is 3.10. The smallest absolute Gasteiger partial charge is 0.145 e. The molecule has 32 heavy (non-hydrogen) atoms. The van der Waals surface area contributed by atoms with Crippen molar-refractivity contribution >= 4 is 47.6 Å². The van der Waals surface area contributed by atoms with Crippen LogP contribution in [0.5, 0.6) is 0 Å². The van der Waals surface area contributed by atoms with Crippen LogP contribution in [0.25, 0.3) is 18.2 Å². The summed E-state index contributed by atoms with van der Waals surface area (Å²) in [5, 5.41) is 0. The average molecular weight is 427 g/mol.